The number of carbonyl (C=O) groups is 1. The molecule has 0 radical (unpaired) electrons. The van der Waals surface area contributed by atoms with Gasteiger partial charge < -0.3 is 15.3 Å². The van der Waals surface area contributed by atoms with E-state index in [1.54, 1.807) is 0 Å². The van der Waals surface area contributed by atoms with Gasteiger partial charge in [0.1, 0.15) is 0 Å². The quantitative estimate of drug-likeness (QED) is 0.826. The van der Waals surface area contributed by atoms with Crippen LogP contribution in [0.4, 0.5) is 0 Å². The Bertz CT molecular complexity index is 316. The number of piperidine rings is 1. The second-order valence-corrected chi connectivity index (χ2v) is 6.99. The van der Waals surface area contributed by atoms with Crippen LogP contribution in [-0.4, -0.2) is 48.2 Å². The molecule has 2 rings (SSSR count). The fourth-order valence-corrected chi connectivity index (χ4v) is 3.55. The molecule has 2 N–H and O–H groups in total. The van der Waals surface area contributed by atoms with Crippen molar-refractivity contribution in [2.45, 2.75) is 57.5 Å². The standard InChI is InChI=1S/C16H30N2O2/c1-16(20,14-6-4-3-5-7-14)12-17-15(19)13-8-10-18(2)11-9-13/h13-14,20H,3-12H2,1-2H3,(H,17,19)/t16-/m0/s1. The van der Waals surface area contributed by atoms with Crippen LogP contribution in [0.2, 0.25) is 0 Å². The third-order valence-electron chi connectivity index (χ3n) is 5.19. The molecule has 1 aliphatic heterocycles. The molecule has 1 aliphatic carbocycles. The monoisotopic (exact) mass is 282 g/mol. The molecule has 2 fully saturated rings. The number of amides is 1. The molecule has 1 saturated heterocycles. The van der Waals surface area contributed by atoms with Crippen molar-refractivity contribution in [1.29, 1.82) is 0 Å². The van der Waals surface area contributed by atoms with Gasteiger partial charge in [0.2, 0.25) is 5.91 Å². The Labute approximate surface area is 122 Å². The first-order chi connectivity index (χ1) is 9.49. The molecule has 0 aromatic carbocycles. The summed E-state index contributed by atoms with van der Waals surface area (Å²) in [5.41, 5.74) is -0.748. The molecule has 1 saturated carbocycles. The van der Waals surface area contributed by atoms with Crippen LogP contribution in [0.5, 0.6) is 0 Å². The smallest absolute Gasteiger partial charge is 0.223 e. The van der Waals surface area contributed by atoms with Gasteiger partial charge in [-0.25, -0.2) is 0 Å². The van der Waals surface area contributed by atoms with Crippen molar-refractivity contribution in [3.05, 3.63) is 0 Å². The van der Waals surface area contributed by atoms with Crippen LogP contribution < -0.4 is 5.32 Å². The van der Waals surface area contributed by atoms with E-state index in [-0.39, 0.29) is 11.8 Å². The lowest BCUT2D eigenvalue weighted by Gasteiger charge is -2.36. The Hall–Kier alpha value is -0.610. The molecule has 0 unspecified atom stereocenters. The molecule has 1 heterocycles. The average Bonchev–Trinajstić information content (AvgIpc) is 2.46. The Morgan fingerprint density at radius 3 is 2.40 bits per heavy atom. The van der Waals surface area contributed by atoms with E-state index in [0.29, 0.717) is 12.5 Å². The van der Waals surface area contributed by atoms with E-state index >= 15 is 0 Å². The SMILES string of the molecule is CN1CCC(C(=O)NC[C@](C)(O)C2CCCCC2)CC1. The molecule has 0 spiro atoms. The van der Waals surface area contributed by atoms with Crippen molar-refractivity contribution in [3.8, 4) is 0 Å². The van der Waals surface area contributed by atoms with Crippen molar-refractivity contribution >= 4 is 5.91 Å². The summed E-state index contributed by atoms with van der Waals surface area (Å²) < 4.78 is 0. The maximum absolute atomic E-state index is 12.2. The molecule has 1 atom stereocenters. The van der Waals surface area contributed by atoms with Gasteiger partial charge in [0.25, 0.3) is 0 Å². The fourth-order valence-electron chi connectivity index (χ4n) is 3.55. The van der Waals surface area contributed by atoms with Gasteiger partial charge in [-0.2, -0.15) is 0 Å². The van der Waals surface area contributed by atoms with Crippen LogP contribution in [0.25, 0.3) is 0 Å². The van der Waals surface area contributed by atoms with Crippen LogP contribution in [0.15, 0.2) is 0 Å². The van der Waals surface area contributed by atoms with Crippen molar-refractivity contribution in [3.63, 3.8) is 0 Å². The molecule has 2 aliphatic rings. The van der Waals surface area contributed by atoms with E-state index in [4.69, 9.17) is 0 Å². The Balaban J connectivity index is 1.76. The van der Waals surface area contributed by atoms with E-state index in [2.05, 4.69) is 17.3 Å². The topological polar surface area (TPSA) is 52.6 Å². The Morgan fingerprint density at radius 1 is 1.20 bits per heavy atom. The summed E-state index contributed by atoms with van der Waals surface area (Å²) in [6.07, 6.45) is 7.78. The zero-order chi connectivity index (χ0) is 14.6. The van der Waals surface area contributed by atoms with Gasteiger partial charge in [-0.05, 0) is 58.7 Å². The minimum Gasteiger partial charge on any atom is -0.388 e. The number of carbonyl (C=O) groups excluding carboxylic acids is 1. The maximum Gasteiger partial charge on any atom is 0.223 e. The molecule has 0 aromatic rings. The predicted octanol–water partition coefficient (Wildman–Crippen LogP) is 1.78. The molecular weight excluding hydrogens is 252 g/mol. The predicted molar refractivity (Wildman–Crippen MR) is 80.4 cm³/mol. The molecule has 1 amide bonds. The van der Waals surface area contributed by atoms with Crippen LogP contribution in [-0.2, 0) is 4.79 Å². The largest absolute Gasteiger partial charge is 0.388 e. The number of nitrogens with one attached hydrogen (secondary N) is 1. The van der Waals surface area contributed by atoms with Crippen molar-refractivity contribution < 1.29 is 9.90 Å². The maximum atomic E-state index is 12.2. The molecule has 4 heteroatoms. The number of aliphatic hydroxyl groups is 1. The number of nitrogens with zero attached hydrogens (tertiary/aromatic N) is 1. The van der Waals surface area contributed by atoms with E-state index in [1.165, 1.54) is 19.3 Å². The third kappa shape index (κ3) is 4.19. The van der Waals surface area contributed by atoms with Crippen LogP contribution in [0, 0.1) is 11.8 Å². The third-order valence-corrected chi connectivity index (χ3v) is 5.19. The number of hydrogen-bond acceptors (Lipinski definition) is 3. The number of rotatable bonds is 4. The highest BCUT2D eigenvalue weighted by Gasteiger charge is 2.34. The summed E-state index contributed by atoms with van der Waals surface area (Å²) in [6, 6.07) is 0. The van der Waals surface area contributed by atoms with Gasteiger partial charge in [0, 0.05) is 12.5 Å². The van der Waals surface area contributed by atoms with E-state index in [9.17, 15) is 9.90 Å². The van der Waals surface area contributed by atoms with E-state index in [1.807, 2.05) is 6.92 Å². The van der Waals surface area contributed by atoms with Crippen molar-refractivity contribution in [2.75, 3.05) is 26.7 Å². The van der Waals surface area contributed by atoms with Crippen molar-refractivity contribution in [1.82, 2.24) is 10.2 Å². The minimum absolute atomic E-state index is 0.133. The van der Waals surface area contributed by atoms with Gasteiger partial charge in [0.05, 0.1) is 5.60 Å². The van der Waals surface area contributed by atoms with Crippen molar-refractivity contribution in [2.24, 2.45) is 11.8 Å². The number of hydrogen-bond donors (Lipinski definition) is 2. The van der Waals surface area contributed by atoms with Gasteiger partial charge in [-0.3, -0.25) is 4.79 Å². The van der Waals surface area contributed by atoms with Gasteiger partial charge in [-0.15, -0.1) is 0 Å². The Morgan fingerprint density at radius 2 is 1.80 bits per heavy atom. The van der Waals surface area contributed by atoms with E-state index < -0.39 is 5.60 Å². The zero-order valence-corrected chi connectivity index (χ0v) is 13.0. The lowest BCUT2D eigenvalue weighted by atomic mass is 9.78. The van der Waals surface area contributed by atoms with E-state index in [0.717, 1.165) is 38.8 Å². The second kappa shape index (κ2) is 6.90. The van der Waals surface area contributed by atoms with Crippen LogP contribution in [0.3, 0.4) is 0 Å². The summed E-state index contributed by atoms with van der Waals surface area (Å²) in [7, 11) is 2.10. The normalized spacial score (nSPS) is 26.1. The molecular formula is C16H30N2O2. The van der Waals surface area contributed by atoms with Gasteiger partial charge >= 0.3 is 0 Å². The first-order valence-electron chi connectivity index (χ1n) is 8.17. The van der Waals surface area contributed by atoms with Gasteiger partial charge in [0.15, 0.2) is 0 Å². The zero-order valence-electron chi connectivity index (χ0n) is 13.0. The van der Waals surface area contributed by atoms with Gasteiger partial charge in [-0.1, -0.05) is 19.3 Å². The number of likely N-dealkylation sites (tertiary alicyclic amines) is 1. The highest BCUT2D eigenvalue weighted by molar-refractivity contribution is 5.78. The first kappa shape index (κ1) is 15.8. The average molecular weight is 282 g/mol. The molecule has 20 heavy (non-hydrogen) atoms. The van der Waals surface area contributed by atoms with Crippen LogP contribution in [0.1, 0.15) is 51.9 Å². The second-order valence-electron chi connectivity index (χ2n) is 6.99. The summed E-state index contributed by atoms with van der Waals surface area (Å²) >= 11 is 0. The summed E-state index contributed by atoms with van der Waals surface area (Å²) in [6.45, 7) is 4.29. The lowest BCUT2D eigenvalue weighted by molar-refractivity contribution is -0.128. The molecule has 0 aromatic heterocycles. The lowest BCUT2D eigenvalue weighted by Crippen LogP contribution is -2.49. The van der Waals surface area contributed by atoms with Crippen LogP contribution >= 0.6 is 0 Å². The molecule has 116 valence electrons. The minimum atomic E-state index is -0.748. The summed E-state index contributed by atoms with van der Waals surface area (Å²) in [4.78, 5) is 14.5. The molecule has 0 bridgehead atoms. The molecule has 4 nitrogen and oxygen atoms in total. The first-order valence-corrected chi connectivity index (χ1v) is 8.17. The fraction of sp³-hybridized carbons (Fsp3) is 0.938. The summed E-state index contributed by atoms with van der Waals surface area (Å²) in [5, 5.41) is 13.6. The Kier molecular flexibility index (Phi) is 5.44. The highest BCUT2D eigenvalue weighted by atomic mass is 16.3. The summed E-state index contributed by atoms with van der Waals surface area (Å²) in [5.74, 6) is 0.608. The highest BCUT2D eigenvalue weighted by Crippen LogP contribution is 2.32.